The van der Waals surface area contributed by atoms with E-state index >= 15 is 0 Å². The lowest BCUT2D eigenvalue weighted by Crippen LogP contribution is -2.44. The van der Waals surface area contributed by atoms with Crippen LogP contribution in [0, 0.1) is 0 Å². The third-order valence-electron chi connectivity index (χ3n) is 2.76. The van der Waals surface area contributed by atoms with Gasteiger partial charge in [-0.05, 0) is 31.9 Å². The summed E-state index contributed by atoms with van der Waals surface area (Å²) in [7, 11) is 0. The van der Waals surface area contributed by atoms with Gasteiger partial charge in [0.1, 0.15) is 5.76 Å². The molecule has 14 heavy (non-hydrogen) atoms. The molecule has 1 aliphatic heterocycles. The van der Waals surface area contributed by atoms with Gasteiger partial charge in [-0.1, -0.05) is 0 Å². The lowest BCUT2D eigenvalue weighted by atomic mass is 9.89. The van der Waals surface area contributed by atoms with Crippen LogP contribution in [0.25, 0.3) is 0 Å². The van der Waals surface area contributed by atoms with Crippen molar-refractivity contribution in [3.8, 4) is 0 Å². The molecule has 0 radical (unpaired) electrons. The summed E-state index contributed by atoms with van der Waals surface area (Å²) in [5.41, 5.74) is 5.79. The van der Waals surface area contributed by atoms with Gasteiger partial charge in [-0.25, -0.2) is 0 Å². The van der Waals surface area contributed by atoms with Crippen LogP contribution >= 0.6 is 0 Å². The van der Waals surface area contributed by atoms with Gasteiger partial charge in [0.05, 0.1) is 11.9 Å². The Bertz CT molecular complexity index is 283. The number of furan rings is 1. The summed E-state index contributed by atoms with van der Waals surface area (Å²) in [5, 5.41) is 0. The zero-order chi connectivity index (χ0) is 10.0. The molecule has 0 aromatic carbocycles. The number of hydrogen-bond acceptors (Lipinski definition) is 3. The van der Waals surface area contributed by atoms with Gasteiger partial charge >= 0.3 is 0 Å². The van der Waals surface area contributed by atoms with Crippen LogP contribution in [0.15, 0.2) is 22.8 Å². The van der Waals surface area contributed by atoms with Crippen LogP contribution in [0.5, 0.6) is 0 Å². The third-order valence-corrected chi connectivity index (χ3v) is 2.76. The van der Waals surface area contributed by atoms with Crippen LogP contribution in [-0.2, 0) is 11.2 Å². The minimum absolute atomic E-state index is 0.143. The quantitative estimate of drug-likeness (QED) is 0.781. The highest BCUT2D eigenvalue weighted by atomic mass is 16.5. The maximum Gasteiger partial charge on any atom is 0.106 e. The van der Waals surface area contributed by atoms with Crippen molar-refractivity contribution in [2.24, 2.45) is 5.73 Å². The first-order chi connectivity index (χ1) is 6.68. The average molecular weight is 195 g/mol. The van der Waals surface area contributed by atoms with E-state index in [1.807, 2.05) is 12.1 Å². The van der Waals surface area contributed by atoms with E-state index in [0.717, 1.165) is 31.6 Å². The number of ether oxygens (including phenoxy) is 1. The second-order valence-electron chi connectivity index (χ2n) is 4.31. The highest BCUT2D eigenvalue weighted by Gasteiger charge is 2.32. The molecule has 2 N–H and O–H groups in total. The average Bonchev–Trinajstić information content (AvgIpc) is 2.55. The molecule has 3 heteroatoms. The van der Waals surface area contributed by atoms with E-state index in [-0.39, 0.29) is 11.6 Å². The van der Waals surface area contributed by atoms with Gasteiger partial charge in [-0.2, -0.15) is 0 Å². The Hall–Kier alpha value is -0.800. The normalized spacial score (nSPS) is 33.1. The van der Waals surface area contributed by atoms with Crippen molar-refractivity contribution in [1.29, 1.82) is 0 Å². The van der Waals surface area contributed by atoms with Crippen LogP contribution in [0.2, 0.25) is 0 Å². The summed E-state index contributed by atoms with van der Waals surface area (Å²) in [6, 6.07) is 4.15. The van der Waals surface area contributed by atoms with E-state index in [1.54, 1.807) is 6.26 Å². The summed E-state index contributed by atoms with van der Waals surface area (Å²) in [6.07, 6.45) is 4.39. The van der Waals surface area contributed by atoms with Gasteiger partial charge < -0.3 is 14.9 Å². The fraction of sp³-hybridized carbons (Fsp3) is 0.636. The predicted molar refractivity (Wildman–Crippen MR) is 54.0 cm³/mol. The molecule has 1 aromatic heterocycles. The highest BCUT2D eigenvalue weighted by Crippen LogP contribution is 2.27. The lowest BCUT2D eigenvalue weighted by Gasteiger charge is -2.36. The zero-order valence-electron chi connectivity index (χ0n) is 8.53. The molecule has 1 fully saturated rings. The highest BCUT2D eigenvalue weighted by molar-refractivity contribution is 5.03. The Balaban J connectivity index is 2.01. The second-order valence-corrected chi connectivity index (χ2v) is 4.31. The first kappa shape index (κ1) is 9.74. The lowest BCUT2D eigenvalue weighted by molar-refractivity contribution is -0.0731. The molecular weight excluding hydrogens is 178 g/mol. The summed E-state index contributed by atoms with van der Waals surface area (Å²) in [4.78, 5) is 0. The molecule has 1 saturated heterocycles. The summed E-state index contributed by atoms with van der Waals surface area (Å²) in [5.74, 6) is 0.974. The Morgan fingerprint density at radius 3 is 3.14 bits per heavy atom. The Labute approximate surface area is 84.2 Å². The van der Waals surface area contributed by atoms with Crippen LogP contribution in [0.3, 0.4) is 0 Å². The monoisotopic (exact) mass is 195 g/mol. The summed E-state index contributed by atoms with van der Waals surface area (Å²) in [6.45, 7) is 2.87. The van der Waals surface area contributed by atoms with E-state index in [4.69, 9.17) is 14.9 Å². The van der Waals surface area contributed by atoms with Gasteiger partial charge in [0, 0.05) is 19.1 Å². The van der Waals surface area contributed by atoms with E-state index < -0.39 is 0 Å². The minimum Gasteiger partial charge on any atom is -0.469 e. The molecule has 78 valence electrons. The first-order valence-corrected chi connectivity index (χ1v) is 5.10. The molecule has 0 bridgehead atoms. The van der Waals surface area contributed by atoms with Gasteiger partial charge in [-0.15, -0.1) is 0 Å². The molecular formula is C11H17NO2. The molecule has 0 amide bonds. The van der Waals surface area contributed by atoms with Crippen LogP contribution in [0.1, 0.15) is 25.5 Å². The molecule has 0 spiro atoms. The van der Waals surface area contributed by atoms with Gasteiger partial charge in [-0.3, -0.25) is 0 Å². The Morgan fingerprint density at radius 1 is 1.64 bits per heavy atom. The molecule has 2 unspecified atom stereocenters. The number of nitrogens with two attached hydrogens (primary N) is 1. The SMILES string of the molecule is CC1(Cc2ccco2)CC(N)CCO1. The molecule has 2 atom stereocenters. The topological polar surface area (TPSA) is 48.4 Å². The van der Waals surface area contributed by atoms with Crippen molar-refractivity contribution in [3.05, 3.63) is 24.2 Å². The van der Waals surface area contributed by atoms with Crippen molar-refractivity contribution in [2.75, 3.05) is 6.61 Å². The van der Waals surface area contributed by atoms with Crippen LogP contribution in [0.4, 0.5) is 0 Å². The maximum atomic E-state index is 5.93. The van der Waals surface area contributed by atoms with Crippen LogP contribution in [-0.4, -0.2) is 18.2 Å². The molecule has 1 aliphatic rings. The molecule has 2 rings (SSSR count). The number of rotatable bonds is 2. The van der Waals surface area contributed by atoms with Crippen molar-refractivity contribution in [2.45, 2.75) is 37.8 Å². The molecule has 0 aliphatic carbocycles. The Morgan fingerprint density at radius 2 is 2.50 bits per heavy atom. The largest absolute Gasteiger partial charge is 0.469 e. The standard InChI is InChI=1S/C11H17NO2/c1-11(7-9(12)4-6-14-11)8-10-3-2-5-13-10/h2-3,5,9H,4,6-8,12H2,1H3. The smallest absolute Gasteiger partial charge is 0.106 e. The van der Waals surface area contributed by atoms with Crippen molar-refractivity contribution in [3.63, 3.8) is 0 Å². The van der Waals surface area contributed by atoms with E-state index in [1.165, 1.54) is 0 Å². The molecule has 0 saturated carbocycles. The minimum atomic E-state index is -0.143. The van der Waals surface area contributed by atoms with Crippen LogP contribution < -0.4 is 5.73 Å². The van der Waals surface area contributed by atoms with Crippen molar-refractivity contribution in [1.82, 2.24) is 0 Å². The third kappa shape index (κ3) is 2.16. The van der Waals surface area contributed by atoms with Crippen molar-refractivity contribution >= 4 is 0 Å². The van der Waals surface area contributed by atoms with E-state index in [2.05, 4.69) is 6.92 Å². The molecule has 2 heterocycles. The Kier molecular flexibility index (Phi) is 2.61. The number of hydrogen-bond donors (Lipinski definition) is 1. The fourth-order valence-electron chi connectivity index (χ4n) is 2.08. The summed E-state index contributed by atoms with van der Waals surface area (Å²) >= 11 is 0. The van der Waals surface area contributed by atoms with E-state index in [9.17, 15) is 0 Å². The van der Waals surface area contributed by atoms with E-state index in [0.29, 0.717) is 0 Å². The molecule has 3 nitrogen and oxygen atoms in total. The predicted octanol–water partition coefficient (Wildman–Crippen LogP) is 1.72. The van der Waals surface area contributed by atoms with Crippen molar-refractivity contribution < 1.29 is 9.15 Å². The van der Waals surface area contributed by atoms with Gasteiger partial charge in [0.15, 0.2) is 0 Å². The zero-order valence-corrected chi connectivity index (χ0v) is 8.53. The second kappa shape index (κ2) is 3.75. The van der Waals surface area contributed by atoms with Gasteiger partial charge in [0.25, 0.3) is 0 Å². The molecule has 1 aromatic rings. The summed E-state index contributed by atoms with van der Waals surface area (Å²) < 4.78 is 11.1. The maximum absolute atomic E-state index is 5.93. The fourth-order valence-corrected chi connectivity index (χ4v) is 2.08. The van der Waals surface area contributed by atoms with Gasteiger partial charge in [0.2, 0.25) is 0 Å². The first-order valence-electron chi connectivity index (χ1n) is 5.10.